The second-order valence-electron chi connectivity index (χ2n) is 8.55. The van der Waals surface area contributed by atoms with Crippen LogP contribution in [0.3, 0.4) is 0 Å². The molecule has 1 amide bonds. The monoisotopic (exact) mass is 458 g/mol. The van der Waals surface area contributed by atoms with Gasteiger partial charge in [0.15, 0.2) is 0 Å². The number of guanidine groups is 1. The Kier molecular flexibility index (Phi) is 6.05. The molecule has 1 saturated heterocycles. The lowest BCUT2D eigenvalue weighted by Gasteiger charge is -2.39. The van der Waals surface area contributed by atoms with Crippen LogP contribution in [0.4, 0.5) is 11.4 Å². The lowest BCUT2D eigenvalue weighted by atomic mass is 10.1. The number of aryl methyl sites for hydroxylation is 1. The van der Waals surface area contributed by atoms with Gasteiger partial charge >= 0.3 is 0 Å². The van der Waals surface area contributed by atoms with E-state index in [0.29, 0.717) is 6.42 Å². The van der Waals surface area contributed by atoms with Gasteiger partial charge in [-0.1, -0.05) is 66.2 Å². The summed E-state index contributed by atoms with van der Waals surface area (Å²) >= 11 is 6.20. The van der Waals surface area contributed by atoms with Crippen LogP contribution in [0, 0.1) is 6.92 Å². The number of piperazine rings is 1. The number of benzene rings is 3. The normalized spacial score (nSPS) is 18.6. The highest BCUT2D eigenvalue weighted by Gasteiger charge is 2.39. The molecule has 0 radical (unpaired) electrons. The van der Waals surface area contributed by atoms with E-state index in [9.17, 15) is 4.79 Å². The molecule has 1 unspecified atom stereocenters. The number of para-hydroxylation sites is 1. The van der Waals surface area contributed by atoms with Crippen molar-refractivity contribution in [1.82, 2.24) is 4.90 Å². The zero-order valence-electron chi connectivity index (χ0n) is 18.7. The zero-order chi connectivity index (χ0) is 22.8. The standard InChI is InChI=1S/C27H27ClN4O/c1-20-8-5-6-13-25(20)32-26(33)24(18-21-9-3-2-4-10-21)29-27(32)31-16-14-30(15-17-31)23-12-7-11-22(28)19-23/h2-13,19,24H,14-18H2,1H3. The summed E-state index contributed by atoms with van der Waals surface area (Å²) in [5.41, 5.74) is 4.23. The van der Waals surface area contributed by atoms with Crippen molar-refractivity contribution < 1.29 is 4.79 Å². The van der Waals surface area contributed by atoms with Gasteiger partial charge in [-0.15, -0.1) is 0 Å². The highest BCUT2D eigenvalue weighted by atomic mass is 35.5. The zero-order valence-corrected chi connectivity index (χ0v) is 19.4. The topological polar surface area (TPSA) is 39.2 Å². The van der Waals surface area contributed by atoms with Crippen molar-refractivity contribution >= 4 is 34.8 Å². The number of halogens is 1. The van der Waals surface area contributed by atoms with E-state index in [1.807, 2.05) is 72.5 Å². The van der Waals surface area contributed by atoms with Crippen molar-refractivity contribution in [3.63, 3.8) is 0 Å². The number of hydrogen-bond donors (Lipinski definition) is 0. The maximum Gasteiger partial charge on any atom is 0.259 e. The third kappa shape index (κ3) is 4.46. The Hall–Kier alpha value is -3.31. The molecule has 0 N–H and O–H groups in total. The summed E-state index contributed by atoms with van der Waals surface area (Å²) < 4.78 is 0. The molecule has 3 aromatic rings. The molecule has 0 aromatic heterocycles. The van der Waals surface area contributed by atoms with E-state index in [-0.39, 0.29) is 5.91 Å². The maximum absolute atomic E-state index is 13.6. The Bertz CT molecular complexity index is 1170. The molecule has 0 bridgehead atoms. The summed E-state index contributed by atoms with van der Waals surface area (Å²) in [6, 6.07) is 25.7. The first kappa shape index (κ1) is 21.5. The Morgan fingerprint density at radius 2 is 1.58 bits per heavy atom. The molecular formula is C27H27ClN4O. The molecule has 33 heavy (non-hydrogen) atoms. The number of nitrogens with zero attached hydrogens (tertiary/aromatic N) is 4. The molecule has 0 saturated carbocycles. The SMILES string of the molecule is Cc1ccccc1N1C(=O)C(Cc2ccccc2)N=C1N1CCN(c2cccc(Cl)c2)CC1. The molecular weight excluding hydrogens is 432 g/mol. The van der Waals surface area contributed by atoms with Gasteiger partial charge in [0.05, 0.1) is 5.69 Å². The molecule has 0 aliphatic carbocycles. The summed E-state index contributed by atoms with van der Waals surface area (Å²) in [5, 5.41) is 0.746. The van der Waals surface area contributed by atoms with Crippen LogP contribution in [0.2, 0.25) is 5.02 Å². The van der Waals surface area contributed by atoms with E-state index < -0.39 is 6.04 Å². The minimum atomic E-state index is -0.409. The molecule has 1 atom stereocenters. The molecule has 2 aliphatic heterocycles. The summed E-state index contributed by atoms with van der Waals surface area (Å²) in [4.78, 5) is 25.0. The number of aliphatic imine (C=N–C) groups is 1. The van der Waals surface area contributed by atoms with Crippen molar-refractivity contribution in [2.75, 3.05) is 36.0 Å². The van der Waals surface area contributed by atoms with Crippen molar-refractivity contribution in [3.05, 3.63) is 95.0 Å². The quantitative estimate of drug-likeness (QED) is 0.564. The minimum Gasteiger partial charge on any atom is -0.368 e. The predicted molar refractivity (Wildman–Crippen MR) is 135 cm³/mol. The van der Waals surface area contributed by atoms with Crippen molar-refractivity contribution in [1.29, 1.82) is 0 Å². The van der Waals surface area contributed by atoms with E-state index in [0.717, 1.165) is 59.7 Å². The van der Waals surface area contributed by atoms with Crippen LogP contribution in [-0.2, 0) is 11.2 Å². The Morgan fingerprint density at radius 1 is 0.879 bits per heavy atom. The molecule has 0 spiro atoms. The van der Waals surface area contributed by atoms with Gasteiger partial charge in [0.2, 0.25) is 5.96 Å². The largest absolute Gasteiger partial charge is 0.368 e. The fourth-order valence-corrected chi connectivity index (χ4v) is 4.76. The summed E-state index contributed by atoms with van der Waals surface area (Å²) in [6.45, 7) is 5.32. The van der Waals surface area contributed by atoms with Crippen LogP contribution >= 0.6 is 11.6 Å². The van der Waals surface area contributed by atoms with E-state index in [2.05, 4.69) is 28.0 Å². The maximum atomic E-state index is 13.6. The first-order valence-electron chi connectivity index (χ1n) is 11.4. The lowest BCUT2D eigenvalue weighted by Crippen LogP contribution is -2.53. The Labute approximate surface area is 199 Å². The smallest absolute Gasteiger partial charge is 0.259 e. The Morgan fingerprint density at radius 3 is 2.30 bits per heavy atom. The number of anilines is 2. The number of carbonyl (C=O) groups is 1. The molecule has 5 nitrogen and oxygen atoms in total. The number of amides is 1. The van der Waals surface area contributed by atoms with E-state index >= 15 is 0 Å². The summed E-state index contributed by atoms with van der Waals surface area (Å²) in [5.74, 6) is 0.807. The van der Waals surface area contributed by atoms with Crippen LogP contribution in [0.25, 0.3) is 0 Å². The first-order chi connectivity index (χ1) is 16.1. The molecule has 1 fully saturated rings. The predicted octanol–water partition coefficient (Wildman–Crippen LogP) is 4.78. The van der Waals surface area contributed by atoms with Gasteiger partial charge in [-0.05, 0) is 42.3 Å². The van der Waals surface area contributed by atoms with E-state index in [4.69, 9.17) is 16.6 Å². The fraction of sp³-hybridized carbons (Fsp3) is 0.259. The van der Waals surface area contributed by atoms with Gasteiger partial charge < -0.3 is 9.80 Å². The minimum absolute atomic E-state index is 0.0421. The van der Waals surface area contributed by atoms with Crippen LogP contribution in [-0.4, -0.2) is 49.0 Å². The average molecular weight is 459 g/mol. The number of carbonyl (C=O) groups excluding carboxylic acids is 1. The van der Waals surface area contributed by atoms with Crippen LogP contribution in [0.5, 0.6) is 0 Å². The highest BCUT2D eigenvalue weighted by Crippen LogP contribution is 2.29. The van der Waals surface area contributed by atoms with E-state index in [1.54, 1.807) is 0 Å². The van der Waals surface area contributed by atoms with Crippen molar-refractivity contribution in [3.8, 4) is 0 Å². The van der Waals surface area contributed by atoms with Gasteiger partial charge in [-0.25, -0.2) is 9.89 Å². The van der Waals surface area contributed by atoms with Crippen molar-refractivity contribution in [2.45, 2.75) is 19.4 Å². The van der Waals surface area contributed by atoms with Gasteiger partial charge in [0.25, 0.3) is 5.91 Å². The first-order valence-corrected chi connectivity index (χ1v) is 11.7. The third-order valence-electron chi connectivity index (χ3n) is 6.34. The lowest BCUT2D eigenvalue weighted by molar-refractivity contribution is -0.118. The third-order valence-corrected chi connectivity index (χ3v) is 6.58. The molecule has 5 rings (SSSR count). The molecule has 2 aliphatic rings. The molecule has 2 heterocycles. The highest BCUT2D eigenvalue weighted by molar-refractivity contribution is 6.30. The molecule has 3 aromatic carbocycles. The van der Waals surface area contributed by atoms with Gasteiger partial charge in [-0.2, -0.15) is 0 Å². The second kappa shape index (κ2) is 9.28. The van der Waals surface area contributed by atoms with Gasteiger partial charge in [-0.3, -0.25) is 4.79 Å². The summed E-state index contributed by atoms with van der Waals surface area (Å²) in [6.07, 6.45) is 0.605. The molecule has 168 valence electrons. The second-order valence-corrected chi connectivity index (χ2v) is 8.99. The van der Waals surface area contributed by atoms with Gasteiger partial charge in [0.1, 0.15) is 6.04 Å². The number of hydrogen-bond acceptors (Lipinski definition) is 4. The van der Waals surface area contributed by atoms with Crippen LogP contribution in [0.1, 0.15) is 11.1 Å². The van der Waals surface area contributed by atoms with Crippen LogP contribution < -0.4 is 9.80 Å². The van der Waals surface area contributed by atoms with Crippen LogP contribution in [0.15, 0.2) is 83.9 Å². The van der Waals surface area contributed by atoms with E-state index in [1.165, 1.54) is 0 Å². The summed E-state index contributed by atoms with van der Waals surface area (Å²) in [7, 11) is 0. The number of rotatable bonds is 4. The van der Waals surface area contributed by atoms with Crippen molar-refractivity contribution in [2.24, 2.45) is 4.99 Å². The fourth-order valence-electron chi connectivity index (χ4n) is 4.57. The average Bonchev–Trinajstić information content (AvgIpc) is 3.16. The molecule has 6 heteroatoms. The van der Waals surface area contributed by atoms with Gasteiger partial charge in [0, 0.05) is 43.3 Å². The Balaban J connectivity index is 1.40.